The van der Waals surface area contributed by atoms with Crippen molar-refractivity contribution in [2.24, 2.45) is 0 Å². The summed E-state index contributed by atoms with van der Waals surface area (Å²) in [5, 5.41) is 4.61. The maximum atomic E-state index is 12.8. The molecular weight excluding hydrogens is 318 g/mol. The van der Waals surface area contributed by atoms with Gasteiger partial charge in [0, 0.05) is 11.4 Å². The number of carbonyl (C=O) groups excluding carboxylic acids is 1. The van der Waals surface area contributed by atoms with E-state index in [4.69, 9.17) is 0 Å². The molecule has 0 bridgehead atoms. The number of benzene rings is 2. The molecule has 1 fully saturated rings. The summed E-state index contributed by atoms with van der Waals surface area (Å²) in [6, 6.07) is 18.1. The Hall–Kier alpha value is -2.40. The third-order valence-electron chi connectivity index (χ3n) is 4.00. The third-order valence-corrected chi connectivity index (χ3v) is 5.27. The van der Waals surface area contributed by atoms with Crippen LogP contribution in [0.1, 0.15) is 23.7 Å². The SMILES string of the molecule is O=C(NC1CC1)C(Sc1ncnc2ccccc12)c1ccccc1. The zero-order chi connectivity index (χ0) is 16.4. The van der Waals surface area contributed by atoms with Crippen molar-refractivity contribution < 1.29 is 4.79 Å². The molecule has 24 heavy (non-hydrogen) atoms. The molecule has 1 amide bonds. The van der Waals surface area contributed by atoms with Gasteiger partial charge >= 0.3 is 0 Å². The van der Waals surface area contributed by atoms with Crippen molar-refractivity contribution in [2.45, 2.75) is 29.2 Å². The van der Waals surface area contributed by atoms with Gasteiger partial charge in [-0.25, -0.2) is 9.97 Å². The van der Waals surface area contributed by atoms with E-state index in [0.29, 0.717) is 6.04 Å². The molecule has 1 unspecified atom stereocenters. The van der Waals surface area contributed by atoms with Gasteiger partial charge in [0.15, 0.2) is 0 Å². The van der Waals surface area contributed by atoms with Crippen molar-refractivity contribution in [1.82, 2.24) is 15.3 Å². The molecule has 120 valence electrons. The number of rotatable bonds is 5. The largest absolute Gasteiger partial charge is 0.352 e. The summed E-state index contributed by atoms with van der Waals surface area (Å²) in [5.74, 6) is 0.0522. The fourth-order valence-corrected chi connectivity index (χ4v) is 3.69. The van der Waals surface area contributed by atoms with E-state index in [0.717, 1.165) is 34.3 Å². The Kier molecular flexibility index (Phi) is 4.17. The van der Waals surface area contributed by atoms with E-state index >= 15 is 0 Å². The van der Waals surface area contributed by atoms with Gasteiger partial charge in [0.25, 0.3) is 0 Å². The van der Waals surface area contributed by atoms with Crippen molar-refractivity contribution in [3.8, 4) is 0 Å². The number of nitrogens with one attached hydrogen (secondary N) is 1. The lowest BCUT2D eigenvalue weighted by Crippen LogP contribution is -2.29. The molecule has 0 saturated heterocycles. The molecule has 0 aliphatic heterocycles. The van der Waals surface area contributed by atoms with Crippen molar-refractivity contribution in [3.63, 3.8) is 0 Å². The monoisotopic (exact) mass is 335 g/mol. The van der Waals surface area contributed by atoms with Crippen LogP contribution in [0.3, 0.4) is 0 Å². The number of hydrogen-bond donors (Lipinski definition) is 1. The van der Waals surface area contributed by atoms with Gasteiger partial charge < -0.3 is 5.32 Å². The second-order valence-electron chi connectivity index (χ2n) is 5.89. The van der Waals surface area contributed by atoms with Crippen LogP contribution in [0.25, 0.3) is 10.9 Å². The molecule has 4 rings (SSSR count). The Bertz CT molecular complexity index is 859. The number of thioether (sulfide) groups is 1. The molecule has 1 N–H and O–H groups in total. The van der Waals surface area contributed by atoms with Crippen molar-refractivity contribution in [3.05, 3.63) is 66.5 Å². The zero-order valence-corrected chi connectivity index (χ0v) is 13.9. The number of nitrogens with zero attached hydrogens (tertiary/aromatic N) is 2. The van der Waals surface area contributed by atoms with Gasteiger partial charge in [-0.3, -0.25) is 4.79 Å². The van der Waals surface area contributed by atoms with Gasteiger partial charge in [-0.05, 0) is 24.5 Å². The first kappa shape index (κ1) is 15.1. The molecular formula is C19H17N3OS. The van der Waals surface area contributed by atoms with Crippen LogP contribution in [-0.2, 0) is 4.79 Å². The third kappa shape index (κ3) is 3.26. The Balaban J connectivity index is 1.69. The molecule has 1 atom stereocenters. The molecule has 4 nitrogen and oxygen atoms in total. The van der Waals surface area contributed by atoms with Gasteiger partial charge in [0.2, 0.25) is 5.91 Å². The lowest BCUT2D eigenvalue weighted by molar-refractivity contribution is -0.120. The van der Waals surface area contributed by atoms with E-state index < -0.39 is 0 Å². The lowest BCUT2D eigenvalue weighted by Gasteiger charge is -2.17. The predicted molar refractivity (Wildman–Crippen MR) is 95.7 cm³/mol. The number of carbonyl (C=O) groups is 1. The predicted octanol–water partition coefficient (Wildman–Crippen LogP) is 3.74. The van der Waals surface area contributed by atoms with Crippen molar-refractivity contribution >= 4 is 28.6 Å². The molecule has 1 heterocycles. The van der Waals surface area contributed by atoms with E-state index in [1.165, 1.54) is 11.8 Å². The maximum absolute atomic E-state index is 12.8. The highest BCUT2D eigenvalue weighted by Crippen LogP contribution is 2.37. The standard InChI is InChI=1S/C19H17N3OS/c23-18(22-14-10-11-14)17(13-6-2-1-3-7-13)24-19-15-8-4-5-9-16(15)20-12-21-19/h1-9,12,14,17H,10-11H2,(H,22,23). The van der Waals surface area contributed by atoms with Crippen LogP contribution in [0.5, 0.6) is 0 Å². The second kappa shape index (κ2) is 6.61. The Morgan fingerprint density at radius 3 is 2.58 bits per heavy atom. The number of amides is 1. The summed E-state index contributed by atoms with van der Waals surface area (Å²) in [6.45, 7) is 0. The smallest absolute Gasteiger partial charge is 0.238 e. The minimum Gasteiger partial charge on any atom is -0.352 e. The molecule has 1 aliphatic rings. The van der Waals surface area contributed by atoms with E-state index in [1.807, 2.05) is 54.6 Å². The van der Waals surface area contributed by atoms with E-state index in [-0.39, 0.29) is 11.2 Å². The summed E-state index contributed by atoms with van der Waals surface area (Å²) in [5.41, 5.74) is 1.88. The summed E-state index contributed by atoms with van der Waals surface area (Å²) in [4.78, 5) is 21.5. The zero-order valence-electron chi connectivity index (χ0n) is 13.1. The molecule has 3 aromatic rings. The molecule has 1 saturated carbocycles. The Morgan fingerprint density at radius 2 is 1.79 bits per heavy atom. The van der Waals surface area contributed by atoms with Crippen molar-refractivity contribution in [1.29, 1.82) is 0 Å². The van der Waals surface area contributed by atoms with E-state index in [9.17, 15) is 4.79 Å². The Morgan fingerprint density at radius 1 is 1.04 bits per heavy atom. The molecule has 0 spiro atoms. The quantitative estimate of drug-likeness (QED) is 0.570. The summed E-state index contributed by atoms with van der Waals surface area (Å²) in [7, 11) is 0. The highest BCUT2D eigenvalue weighted by Gasteiger charge is 2.29. The fraction of sp³-hybridized carbons (Fsp3) is 0.211. The summed E-state index contributed by atoms with van der Waals surface area (Å²) >= 11 is 1.49. The number of hydrogen-bond acceptors (Lipinski definition) is 4. The highest BCUT2D eigenvalue weighted by molar-refractivity contribution is 8.00. The van der Waals surface area contributed by atoms with Crippen LogP contribution >= 0.6 is 11.8 Å². The average Bonchev–Trinajstić information content (AvgIpc) is 3.44. The molecule has 5 heteroatoms. The van der Waals surface area contributed by atoms with Crippen LogP contribution < -0.4 is 5.32 Å². The van der Waals surface area contributed by atoms with Gasteiger partial charge in [-0.1, -0.05) is 60.3 Å². The topological polar surface area (TPSA) is 54.9 Å². The minimum atomic E-state index is -0.315. The van der Waals surface area contributed by atoms with E-state index in [1.54, 1.807) is 6.33 Å². The average molecular weight is 335 g/mol. The molecule has 1 aliphatic carbocycles. The maximum Gasteiger partial charge on any atom is 0.238 e. The number of fused-ring (bicyclic) bond motifs is 1. The number of para-hydroxylation sites is 1. The van der Waals surface area contributed by atoms with Crippen molar-refractivity contribution in [2.75, 3.05) is 0 Å². The van der Waals surface area contributed by atoms with Crippen LogP contribution in [0, 0.1) is 0 Å². The number of aromatic nitrogens is 2. The first-order valence-corrected chi connectivity index (χ1v) is 8.91. The van der Waals surface area contributed by atoms with Gasteiger partial charge in [0.05, 0.1) is 5.52 Å². The van der Waals surface area contributed by atoms with Crippen LogP contribution in [-0.4, -0.2) is 21.9 Å². The van der Waals surface area contributed by atoms with Crippen LogP contribution in [0.2, 0.25) is 0 Å². The minimum absolute atomic E-state index is 0.0522. The van der Waals surface area contributed by atoms with Gasteiger partial charge in [-0.2, -0.15) is 0 Å². The van der Waals surface area contributed by atoms with Crippen LogP contribution in [0.15, 0.2) is 66.0 Å². The van der Waals surface area contributed by atoms with Crippen LogP contribution in [0.4, 0.5) is 0 Å². The molecule has 0 radical (unpaired) electrons. The first-order chi connectivity index (χ1) is 11.8. The van der Waals surface area contributed by atoms with E-state index in [2.05, 4.69) is 15.3 Å². The first-order valence-electron chi connectivity index (χ1n) is 8.03. The molecule has 1 aromatic heterocycles. The summed E-state index contributed by atoms with van der Waals surface area (Å²) < 4.78 is 0. The second-order valence-corrected chi connectivity index (χ2v) is 6.98. The highest BCUT2D eigenvalue weighted by atomic mass is 32.2. The Labute approximate surface area is 144 Å². The normalized spacial score (nSPS) is 15.2. The molecule has 2 aromatic carbocycles. The van der Waals surface area contributed by atoms with Gasteiger partial charge in [0.1, 0.15) is 16.6 Å². The van der Waals surface area contributed by atoms with Gasteiger partial charge in [-0.15, -0.1) is 0 Å². The lowest BCUT2D eigenvalue weighted by atomic mass is 10.1. The fourth-order valence-electron chi connectivity index (χ4n) is 2.59. The summed E-state index contributed by atoms with van der Waals surface area (Å²) in [6.07, 6.45) is 3.72.